The van der Waals surface area contributed by atoms with Crippen molar-refractivity contribution >= 4 is 33.0 Å². The van der Waals surface area contributed by atoms with Gasteiger partial charge in [0.1, 0.15) is 5.82 Å². The molecule has 1 aromatic carbocycles. The molecular formula is C18H18ClN7S. The molecule has 5 rings (SSSR count). The summed E-state index contributed by atoms with van der Waals surface area (Å²) >= 11 is 7.50. The molecule has 27 heavy (non-hydrogen) atoms. The first-order valence-electron chi connectivity index (χ1n) is 9.02. The predicted molar refractivity (Wildman–Crippen MR) is 106 cm³/mol. The van der Waals surface area contributed by atoms with Crippen molar-refractivity contribution in [2.45, 2.75) is 38.8 Å². The van der Waals surface area contributed by atoms with Crippen molar-refractivity contribution in [1.29, 1.82) is 0 Å². The number of halogens is 1. The Kier molecular flexibility index (Phi) is 4.09. The van der Waals surface area contributed by atoms with Crippen molar-refractivity contribution < 1.29 is 0 Å². The summed E-state index contributed by atoms with van der Waals surface area (Å²) in [7, 11) is 0. The van der Waals surface area contributed by atoms with E-state index in [1.807, 2.05) is 39.7 Å². The lowest BCUT2D eigenvalue weighted by molar-refractivity contribution is 0.437. The smallest absolute Gasteiger partial charge is 0.214 e. The number of fused-ring (bicyclic) bond motifs is 2. The second kappa shape index (κ2) is 6.61. The molecule has 1 N–H and O–H groups in total. The van der Waals surface area contributed by atoms with E-state index in [1.165, 1.54) is 0 Å². The van der Waals surface area contributed by atoms with E-state index < -0.39 is 0 Å². The molecule has 7 nitrogen and oxygen atoms in total. The van der Waals surface area contributed by atoms with Gasteiger partial charge in [0, 0.05) is 23.6 Å². The number of imidazole rings is 1. The second-order valence-corrected chi connectivity index (χ2v) is 7.96. The molecule has 4 heterocycles. The Morgan fingerprint density at radius 2 is 2.07 bits per heavy atom. The van der Waals surface area contributed by atoms with Crippen LogP contribution in [0.25, 0.3) is 16.2 Å². The van der Waals surface area contributed by atoms with Gasteiger partial charge in [0.25, 0.3) is 0 Å². The zero-order chi connectivity index (χ0) is 18.4. The van der Waals surface area contributed by atoms with Crippen LogP contribution in [0.15, 0.2) is 30.5 Å². The molecule has 1 aliphatic heterocycles. The van der Waals surface area contributed by atoms with Gasteiger partial charge in [0.15, 0.2) is 5.82 Å². The lowest BCUT2D eigenvalue weighted by atomic mass is 10.1. The van der Waals surface area contributed by atoms with E-state index in [2.05, 4.69) is 27.4 Å². The Labute approximate surface area is 165 Å². The molecule has 1 atom stereocenters. The average Bonchev–Trinajstić information content (AvgIpc) is 3.35. The summed E-state index contributed by atoms with van der Waals surface area (Å²) in [5.41, 5.74) is 1.92. The van der Waals surface area contributed by atoms with E-state index in [0.717, 1.165) is 63.8 Å². The van der Waals surface area contributed by atoms with E-state index in [0.29, 0.717) is 0 Å². The van der Waals surface area contributed by atoms with Gasteiger partial charge in [-0.05, 0) is 25.0 Å². The fourth-order valence-corrected chi connectivity index (χ4v) is 4.31. The number of hydrogen-bond donors (Lipinski definition) is 1. The van der Waals surface area contributed by atoms with Gasteiger partial charge in [-0.2, -0.15) is 5.10 Å². The third-order valence-electron chi connectivity index (χ3n) is 4.72. The van der Waals surface area contributed by atoms with Gasteiger partial charge >= 0.3 is 0 Å². The Hall–Kier alpha value is -2.45. The second-order valence-electron chi connectivity index (χ2n) is 6.57. The third-order valence-corrected chi connectivity index (χ3v) is 5.82. The summed E-state index contributed by atoms with van der Waals surface area (Å²) < 4.78 is 3.85. The van der Waals surface area contributed by atoms with Crippen LogP contribution in [0, 0.1) is 0 Å². The molecule has 0 spiro atoms. The first-order valence-corrected chi connectivity index (χ1v) is 10.2. The number of nitrogens with zero attached hydrogens (tertiary/aromatic N) is 6. The summed E-state index contributed by atoms with van der Waals surface area (Å²) in [5, 5.41) is 14.3. The summed E-state index contributed by atoms with van der Waals surface area (Å²) in [6.07, 6.45) is 4.91. The number of benzene rings is 1. The van der Waals surface area contributed by atoms with Crippen LogP contribution in [0.2, 0.25) is 5.02 Å². The Morgan fingerprint density at radius 1 is 1.22 bits per heavy atom. The Morgan fingerprint density at radius 3 is 2.85 bits per heavy atom. The SMILES string of the molecule is CCc1nc2n(n1)CCCC2Nc1nn2cc(-c3ccc(Cl)cc3)nc2s1. The minimum Gasteiger partial charge on any atom is -0.350 e. The predicted octanol–water partition coefficient (Wildman–Crippen LogP) is 4.21. The first kappa shape index (κ1) is 16.7. The fraction of sp³-hybridized carbons (Fsp3) is 0.333. The number of anilines is 1. The largest absolute Gasteiger partial charge is 0.350 e. The zero-order valence-corrected chi connectivity index (χ0v) is 16.3. The molecule has 1 unspecified atom stereocenters. The topological polar surface area (TPSA) is 72.9 Å². The quantitative estimate of drug-likeness (QED) is 0.556. The highest BCUT2D eigenvalue weighted by Crippen LogP contribution is 2.30. The summed E-state index contributed by atoms with van der Waals surface area (Å²) in [6.45, 7) is 3.02. The standard InChI is InChI=1S/C18H18ClN7S/c1-2-15-22-16-13(4-3-9-25(16)23-15)20-17-24-26-10-14(21-18(26)27-17)11-5-7-12(19)8-6-11/h5-8,10,13H,2-4,9H2,1H3,(H,20,24). The molecule has 0 amide bonds. The van der Waals surface area contributed by atoms with Crippen molar-refractivity contribution in [3.63, 3.8) is 0 Å². The van der Waals surface area contributed by atoms with E-state index in [-0.39, 0.29) is 6.04 Å². The lowest BCUT2D eigenvalue weighted by Gasteiger charge is -2.22. The zero-order valence-electron chi connectivity index (χ0n) is 14.8. The molecule has 0 bridgehead atoms. The maximum absolute atomic E-state index is 5.96. The maximum Gasteiger partial charge on any atom is 0.214 e. The van der Waals surface area contributed by atoms with Crippen LogP contribution in [0.3, 0.4) is 0 Å². The minimum absolute atomic E-state index is 0.137. The van der Waals surface area contributed by atoms with E-state index >= 15 is 0 Å². The fourth-order valence-electron chi connectivity index (χ4n) is 3.35. The molecule has 3 aromatic heterocycles. The minimum atomic E-state index is 0.137. The highest BCUT2D eigenvalue weighted by atomic mass is 35.5. The van der Waals surface area contributed by atoms with Crippen LogP contribution >= 0.6 is 22.9 Å². The average molecular weight is 400 g/mol. The van der Waals surface area contributed by atoms with Gasteiger partial charge in [-0.3, -0.25) is 0 Å². The van der Waals surface area contributed by atoms with Crippen molar-refractivity contribution in [2.75, 3.05) is 5.32 Å². The van der Waals surface area contributed by atoms with Crippen molar-refractivity contribution in [2.24, 2.45) is 0 Å². The van der Waals surface area contributed by atoms with Gasteiger partial charge in [0.2, 0.25) is 10.1 Å². The molecular weight excluding hydrogens is 382 g/mol. The van der Waals surface area contributed by atoms with Crippen LogP contribution in [-0.4, -0.2) is 29.4 Å². The highest BCUT2D eigenvalue weighted by molar-refractivity contribution is 7.20. The number of rotatable bonds is 4. The van der Waals surface area contributed by atoms with Crippen molar-refractivity contribution in [3.8, 4) is 11.3 Å². The number of hydrogen-bond acceptors (Lipinski definition) is 6. The summed E-state index contributed by atoms with van der Waals surface area (Å²) in [5.74, 6) is 1.91. The van der Waals surface area contributed by atoms with Gasteiger partial charge in [0.05, 0.1) is 17.9 Å². The molecule has 138 valence electrons. The van der Waals surface area contributed by atoms with Crippen LogP contribution in [0.1, 0.15) is 37.5 Å². The molecule has 0 saturated heterocycles. The normalized spacial score (nSPS) is 16.6. The Bertz CT molecular complexity index is 1060. The van der Waals surface area contributed by atoms with Gasteiger partial charge in [-0.1, -0.05) is 42.0 Å². The first-order chi connectivity index (χ1) is 13.2. The molecule has 4 aromatic rings. The molecule has 9 heteroatoms. The van der Waals surface area contributed by atoms with E-state index in [9.17, 15) is 0 Å². The molecule has 0 fully saturated rings. The van der Waals surface area contributed by atoms with E-state index in [1.54, 1.807) is 11.3 Å². The van der Waals surface area contributed by atoms with Gasteiger partial charge in [-0.15, -0.1) is 5.10 Å². The highest BCUT2D eigenvalue weighted by Gasteiger charge is 2.25. The van der Waals surface area contributed by atoms with Crippen LogP contribution in [0.5, 0.6) is 0 Å². The molecule has 0 aliphatic carbocycles. The van der Waals surface area contributed by atoms with E-state index in [4.69, 9.17) is 16.6 Å². The Balaban J connectivity index is 1.40. The monoisotopic (exact) mass is 399 g/mol. The van der Waals surface area contributed by atoms with Gasteiger partial charge < -0.3 is 5.32 Å². The maximum atomic E-state index is 5.96. The van der Waals surface area contributed by atoms with Gasteiger partial charge in [-0.25, -0.2) is 19.2 Å². The summed E-state index contributed by atoms with van der Waals surface area (Å²) in [4.78, 5) is 10.2. The number of aromatic nitrogens is 6. The van der Waals surface area contributed by atoms with Crippen LogP contribution < -0.4 is 5.32 Å². The van der Waals surface area contributed by atoms with Crippen LogP contribution in [-0.2, 0) is 13.0 Å². The molecule has 0 saturated carbocycles. The molecule has 0 radical (unpaired) electrons. The van der Waals surface area contributed by atoms with Crippen molar-refractivity contribution in [1.82, 2.24) is 29.4 Å². The molecule has 1 aliphatic rings. The number of nitrogens with one attached hydrogen (secondary N) is 1. The summed E-state index contributed by atoms with van der Waals surface area (Å²) in [6, 6.07) is 7.81. The third kappa shape index (κ3) is 3.08. The van der Waals surface area contributed by atoms with Crippen molar-refractivity contribution in [3.05, 3.63) is 47.1 Å². The van der Waals surface area contributed by atoms with Crippen LogP contribution in [0.4, 0.5) is 5.13 Å². The lowest BCUT2D eigenvalue weighted by Crippen LogP contribution is -2.22. The number of aryl methyl sites for hydroxylation is 2.